The van der Waals surface area contributed by atoms with Gasteiger partial charge in [-0.1, -0.05) is 0 Å². The minimum Gasteiger partial charge on any atom is -0.379 e. The molecule has 0 saturated carbocycles. The summed E-state index contributed by atoms with van der Waals surface area (Å²) in [6.45, 7) is 2.90. The summed E-state index contributed by atoms with van der Waals surface area (Å²) >= 11 is 0. The molecule has 3 atom stereocenters. The fourth-order valence-electron chi connectivity index (χ4n) is 2.39. The molecule has 0 aromatic heterocycles. The van der Waals surface area contributed by atoms with Crippen LogP contribution in [0.25, 0.3) is 0 Å². The fraction of sp³-hybridized carbons (Fsp3) is 0.909. The Morgan fingerprint density at radius 3 is 2.78 bits per heavy atom. The molecule has 0 aromatic carbocycles. The standard InChI is InChI=1S/C11H20N2O4S/c1-11(7-17-5-9(11)12)10(14)13-4-8-2-3-18(15,16)6-8/h8-9H,2-7,12H2,1H3,(H,13,14). The third kappa shape index (κ3) is 2.67. The molecule has 2 saturated heterocycles. The van der Waals surface area contributed by atoms with E-state index in [0.717, 1.165) is 0 Å². The van der Waals surface area contributed by atoms with E-state index in [1.165, 1.54) is 0 Å². The van der Waals surface area contributed by atoms with Gasteiger partial charge in [0.1, 0.15) is 0 Å². The number of sulfone groups is 1. The molecule has 2 heterocycles. The summed E-state index contributed by atoms with van der Waals surface area (Å²) in [5, 5.41) is 2.81. The van der Waals surface area contributed by atoms with E-state index in [-0.39, 0.29) is 29.4 Å². The van der Waals surface area contributed by atoms with Crippen LogP contribution in [0, 0.1) is 11.3 Å². The number of nitrogens with one attached hydrogen (secondary N) is 1. The molecule has 7 heteroatoms. The summed E-state index contributed by atoms with van der Waals surface area (Å²) in [5.74, 6) is 0.290. The number of nitrogens with two attached hydrogens (primary N) is 1. The average molecular weight is 276 g/mol. The predicted molar refractivity (Wildman–Crippen MR) is 66.7 cm³/mol. The number of carbonyl (C=O) groups is 1. The first-order valence-corrected chi connectivity index (χ1v) is 7.98. The summed E-state index contributed by atoms with van der Waals surface area (Å²) in [6, 6.07) is -0.301. The average Bonchev–Trinajstić information content (AvgIpc) is 2.80. The second-order valence-electron chi connectivity index (χ2n) is 5.52. The van der Waals surface area contributed by atoms with Crippen molar-refractivity contribution in [1.29, 1.82) is 0 Å². The molecule has 2 aliphatic rings. The Morgan fingerprint density at radius 2 is 2.28 bits per heavy atom. The van der Waals surface area contributed by atoms with Crippen molar-refractivity contribution in [2.24, 2.45) is 17.1 Å². The van der Waals surface area contributed by atoms with E-state index in [2.05, 4.69) is 5.32 Å². The van der Waals surface area contributed by atoms with Crippen LogP contribution in [0.4, 0.5) is 0 Å². The second-order valence-corrected chi connectivity index (χ2v) is 7.75. The van der Waals surface area contributed by atoms with Crippen molar-refractivity contribution in [3.8, 4) is 0 Å². The van der Waals surface area contributed by atoms with Crippen LogP contribution in [0.3, 0.4) is 0 Å². The van der Waals surface area contributed by atoms with Crippen LogP contribution >= 0.6 is 0 Å². The van der Waals surface area contributed by atoms with Gasteiger partial charge in [-0.2, -0.15) is 0 Å². The Balaban J connectivity index is 1.86. The molecule has 2 fully saturated rings. The first kappa shape index (κ1) is 13.8. The molecule has 0 spiro atoms. The van der Waals surface area contributed by atoms with Crippen LogP contribution in [-0.4, -0.2) is 51.6 Å². The first-order chi connectivity index (χ1) is 8.33. The monoisotopic (exact) mass is 276 g/mol. The molecule has 0 aromatic rings. The summed E-state index contributed by atoms with van der Waals surface area (Å²) in [6.07, 6.45) is 0.627. The zero-order valence-electron chi connectivity index (χ0n) is 10.5. The van der Waals surface area contributed by atoms with Crippen LogP contribution in [0.1, 0.15) is 13.3 Å². The van der Waals surface area contributed by atoms with Crippen molar-refractivity contribution in [2.45, 2.75) is 19.4 Å². The molecule has 3 N–H and O–H groups in total. The van der Waals surface area contributed by atoms with Gasteiger partial charge in [0.15, 0.2) is 9.84 Å². The lowest BCUT2D eigenvalue weighted by molar-refractivity contribution is -0.130. The quantitative estimate of drug-likeness (QED) is 0.682. The Morgan fingerprint density at radius 1 is 1.56 bits per heavy atom. The molecule has 104 valence electrons. The van der Waals surface area contributed by atoms with E-state index in [4.69, 9.17) is 10.5 Å². The van der Waals surface area contributed by atoms with E-state index in [1.807, 2.05) is 0 Å². The van der Waals surface area contributed by atoms with Crippen LogP contribution in [-0.2, 0) is 19.4 Å². The van der Waals surface area contributed by atoms with Gasteiger partial charge in [-0.25, -0.2) is 8.42 Å². The van der Waals surface area contributed by atoms with Gasteiger partial charge >= 0.3 is 0 Å². The smallest absolute Gasteiger partial charge is 0.229 e. The van der Waals surface area contributed by atoms with Crippen LogP contribution in [0.5, 0.6) is 0 Å². The number of amides is 1. The molecule has 1 amide bonds. The zero-order chi connectivity index (χ0) is 13.4. The number of hydrogen-bond donors (Lipinski definition) is 2. The number of hydrogen-bond acceptors (Lipinski definition) is 5. The Bertz CT molecular complexity index is 436. The van der Waals surface area contributed by atoms with Gasteiger partial charge in [-0.15, -0.1) is 0 Å². The molecule has 0 aliphatic carbocycles. The number of ether oxygens (including phenoxy) is 1. The van der Waals surface area contributed by atoms with Gasteiger partial charge < -0.3 is 15.8 Å². The maximum Gasteiger partial charge on any atom is 0.229 e. The fourth-order valence-corrected chi connectivity index (χ4v) is 4.26. The highest BCUT2D eigenvalue weighted by Gasteiger charge is 2.44. The topological polar surface area (TPSA) is 98.5 Å². The largest absolute Gasteiger partial charge is 0.379 e. The Kier molecular flexibility index (Phi) is 3.66. The highest BCUT2D eigenvalue weighted by molar-refractivity contribution is 7.91. The minimum absolute atomic E-state index is 0.0288. The lowest BCUT2D eigenvalue weighted by Crippen LogP contribution is -2.50. The molecule has 2 rings (SSSR count). The molecule has 0 radical (unpaired) electrons. The summed E-state index contributed by atoms with van der Waals surface area (Å²) in [7, 11) is -2.89. The van der Waals surface area contributed by atoms with Gasteiger partial charge in [0.25, 0.3) is 0 Å². The summed E-state index contributed by atoms with van der Waals surface area (Å²) in [5.41, 5.74) is 5.16. The van der Waals surface area contributed by atoms with Crippen molar-refractivity contribution >= 4 is 15.7 Å². The lowest BCUT2D eigenvalue weighted by Gasteiger charge is -2.26. The van der Waals surface area contributed by atoms with E-state index in [9.17, 15) is 13.2 Å². The van der Waals surface area contributed by atoms with Gasteiger partial charge in [-0.05, 0) is 19.3 Å². The van der Waals surface area contributed by atoms with Gasteiger partial charge in [0.2, 0.25) is 5.91 Å². The summed E-state index contributed by atoms with van der Waals surface area (Å²) in [4.78, 5) is 12.1. The van der Waals surface area contributed by atoms with E-state index in [0.29, 0.717) is 26.2 Å². The Labute approximate surface area is 107 Å². The minimum atomic E-state index is -2.89. The third-order valence-electron chi connectivity index (χ3n) is 3.91. The van der Waals surface area contributed by atoms with Crippen LogP contribution < -0.4 is 11.1 Å². The van der Waals surface area contributed by atoms with E-state index >= 15 is 0 Å². The van der Waals surface area contributed by atoms with Crippen LogP contribution in [0.15, 0.2) is 0 Å². The van der Waals surface area contributed by atoms with Gasteiger partial charge in [0, 0.05) is 12.6 Å². The second kappa shape index (κ2) is 4.79. The van der Waals surface area contributed by atoms with Gasteiger partial charge in [-0.3, -0.25) is 4.79 Å². The maximum atomic E-state index is 12.1. The molecule has 0 bridgehead atoms. The van der Waals surface area contributed by atoms with Crippen molar-refractivity contribution in [3.63, 3.8) is 0 Å². The van der Waals surface area contributed by atoms with E-state index in [1.54, 1.807) is 6.92 Å². The van der Waals surface area contributed by atoms with Crippen molar-refractivity contribution < 1.29 is 17.9 Å². The number of carbonyl (C=O) groups excluding carboxylic acids is 1. The molecule has 6 nitrogen and oxygen atoms in total. The third-order valence-corrected chi connectivity index (χ3v) is 5.75. The van der Waals surface area contributed by atoms with Crippen molar-refractivity contribution in [1.82, 2.24) is 5.32 Å². The van der Waals surface area contributed by atoms with Gasteiger partial charge in [0.05, 0.1) is 30.1 Å². The highest BCUT2D eigenvalue weighted by Crippen LogP contribution is 2.27. The maximum absolute atomic E-state index is 12.1. The first-order valence-electron chi connectivity index (χ1n) is 6.15. The molecular formula is C11H20N2O4S. The Hall–Kier alpha value is -0.660. The molecule has 3 unspecified atom stereocenters. The summed E-state index contributed by atoms with van der Waals surface area (Å²) < 4.78 is 27.8. The van der Waals surface area contributed by atoms with Crippen LogP contribution in [0.2, 0.25) is 0 Å². The molecule has 2 aliphatic heterocycles. The molecular weight excluding hydrogens is 256 g/mol. The zero-order valence-corrected chi connectivity index (χ0v) is 11.3. The highest BCUT2D eigenvalue weighted by atomic mass is 32.2. The molecule has 18 heavy (non-hydrogen) atoms. The SMILES string of the molecule is CC1(C(=O)NCC2CCS(=O)(=O)C2)COCC1N. The van der Waals surface area contributed by atoms with Crippen molar-refractivity contribution in [3.05, 3.63) is 0 Å². The lowest BCUT2D eigenvalue weighted by atomic mass is 9.84. The van der Waals surface area contributed by atoms with E-state index < -0.39 is 15.3 Å². The number of rotatable bonds is 3. The normalized spacial score (nSPS) is 38.8. The predicted octanol–water partition coefficient (Wildman–Crippen LogP) is -1.10. The van der Waals surface area contributed by atoms with Crippen molar-refractivity contribution in [2.75, 3.05) is 31.3 Å².